The molecule has 0 saturated carbocycles. The van der Waals surface area contributed by atoms with Gasteiger partial charge in [0.05, 0.1) is 18.7 Å². The third kappa shape index (κ3) is 3.39. The van der Waals surface area contributed by atoms with Gasteiger partial charge in [-0.1, -0.05) is 5.10 Å². The van der Waals surface area contributed by atoms with E-state index < -0.39 is 0 Å². The number of nitrogens with zero attached hydrogens (tertiary/aromatic N) is 5. The Balaban J connectivity index is 2.67. The van der Waals surface area contributed by atoms with Crippen LogP contribution in [0.5, 0.6) is 0 Å². The molecule has 0 fully saturated rings. The van der Waals surface area contributed by atoms with Crippen LogP contribution < -0.4 is 5.32 Å². The molecular formula is C10H20N6O2. The molecule has 8 heteroatoms. The van der Waals surface area contributed by atoms with E-state index in [-0.39, 0.29) is 30.7 Å². The monoisotopic (exact) mass is 256 g/mol. The summed E-state index contributed by atoms with van der Waals surface area (Å²) in [5.74, 6) is 0.164. The number of likely N-dealkylation sites (N-methyl/N-ethyl adjacent to an activating group) is 1. The molecule has 1 atom stereocenters. The Morgan fingerprint density at radius 1 is 1.50 bits per heavy atom. The average Bonchev–Trinajstić information content (AvgIpc) is 2.78. The molecule has 0 radical (unpaired) electrons. The highest BCUT2D eigenvalue weighted by Crippen LogP contribution is 2.05. The van der Waals surface area contributed by atoms with Gasteiger partial charge in [-0.15, -0.1) is 5.10 Å². The average molecular weight is 256 g/mol. The van der Waals surface area contributed by atoms with E-state index in [1.807, 2.05) is 20.8 Å². The Morgan fingerprint density at radius 2 is 2.17 bits per heavy atom. The first-order chi connectivity index (χ1) is 8.49. The largest absolute Gasteiger partial charge is 0.394 e. The quantitative estimate of drug-likeness (QED) is 0.799. The van der Waals surface area contributed by atoms with E-state index in [9.17, 15) is 4.79 Å². The number of carbonyl (C=O) groups excluding carboxylic acids is 1. The number of urea groups is 1. The number of aliphatic hydroxyl groups excluding tert-OH is 1. The predicted molar refractivity (Wildman–Crippen MR) is 66.1 cm³/mol. The molecule has 0 aliphatic carbocycles. The fourth-order valence-corrected chi connectivity index (χ4v) is 1.42. The topological polar surface area (TPSA) is 96.2 Å². The van der Waals surface area contributed by atoms with Crippen molar-refractivity contribution in [3.63, 3.8) is 0 Å². The van der Waals surface area contributed by atoms with Crippen molar-refractivity contribution in [1.29, 1.82) is 0 Å². The minimum atomic E-state index is -0.345. The number of carbonyl (C=O) groups is 1. The van der Waals surface area contributed by atoms with Crippen LogP contribution in [0.3, 0.4) is 0 Å². The van der Waals surface area contributed by atoms with Crippen molar-refractivity contribution in [2.24, 2.45) is 0 Å². The van der Waals surface area contributed by atoms with E-state index in [0.29, 0.717) is 6.54 Å². The van der Waals surface area contributed by atoms with Crippen molar-refractivity contribution >= 4 is 12.0 Å². The number of hydrogen-bond donors (Lipinski definition) is 2. The number of rotatable bonds is 5. The maximum atomic E-state index is 11.9. The molecule has 8 nitrogen and oxygen atoms in total. The van der Waals surface area contributed by atoms with Crippen molar-refractivity contribution in [3.05, 3.63) is 0 Å². The van der Waals surface area contributed by atoms with Gasteiger partial charge in [-0.25, -0.2) is 4.79 Å². The highest BCUT2D eigenvalue weighted by molar-refractivity contribution is 5.87. The lowest BCUT2D eigenvalue weighted by Gasteiger charge is -2.25. The second-order valence-corrected chi connectivity index (χ2v) is 4.27. The van der Waals surface area contributed by atoms with Crippen LogP contribution in [0.2, 0.25) is 0 Å². The normalized spacial score (nSPS) is 12.6. The van der Waals surface area contributed by atoms with E-state index in [1.54, 1.807) is 6.92 Å². The number of hydrogen-bond acceptors (Lipinski definition) is 5. The molecule has 1 aromatic rings. The van der Waals surface area contributed by atoms with Gasteiger partial charge >= 0.3 is 6.03 Å². The van der Waals surface area contributed by atoms with Gasteiger partial charge in [0.2, 0.25) is 0 Å². The number of nitrogens with one attached hydrogen (secondary N) is 1. The first kappa shape index (κ1) is 14.4. The summed E-state index contributed by atoms with van der Waals surface area (Å²) in [6, 6.07) is -0.515. The van der Waals surface area contributed by atoms with Gasteiger partial charge in [0, 0.05) is 6.54 Å². The molecule has 0 unspecified atom stereocenters. The molecule has 102 valence electrons. The van der Waals surface area contributed by atoms with Crippen molar-refractivity contribution in [2.75, 3.05) is 18.5 Å². The van der Waals surface area contributed by atoms with Crippen molar-refractivity contribution in [2.45, 2.75) is 39.8 Å². The highest BCUT2D eigenvalue weighted by Gasteiger charge is 2.19. The Labute approximate surface area is 106 Å². The van der Waals surface area contributed by atoms with Crippen LogP contribution >= 0.6 is 0 Å². The molecule has 0 saturated heterocycles. The summed E-state index contributed by atoms with van der Waals surface area (Å²) in [4.78, 5) is 14.8. The second-order valence-electron chi connectivity index (χ2n) is 4.27. The Bertz CT molecular complexity index is 391. The molecule has 1 heterocycles. The zero-order chi connectivity index (χ0) is 13.7. The SMILES string of the molecule is CCN(C(=O)Nc1nnn(C(C)C)n1)[C@@H](C)CO. The Morgan fingerprint density at radius 3 is 2.61 bits per heavy atom. The molecule has 0 aliphatic rings. The summed E-state index contributed by atoms with van der Waals surface area (Å²) in [6.45, 7) is 7.84. The molecule has 0 spiro atoms. The van der Waals surface area contributed by atoms with Crippen LogP contribution in [0, 0.1) is 0 Å². The summed E-state index contributed by atoms with van der Waals surface area (Å²) in [6.07, 6.45) is 0. The number of aliphatic hydroxyl groups is 1. The first-order valence-corrected chi connectivity index (χ1v) is 5.97. The second kappa shape index (κ2) is 6.29. The van der Waals surface area contributed by atoms with Gasteiger partial charge < -0.3 is 10.0 Å². The molecule has 2 N–H and O–H groups in total. The summed E-state index contributed by atoms with van der Waals surface area (Å²) in [5, 5.41) is 23.2. The molecule has 1 rings (SSSR count). The van der Waals surface area contributed by atoms with Gasteiger partial charge in [0.25, 0.3) is 5.95 Å². The zero-order valence-electron chi connectivity index (χ0n) is 11.2. The smallest absolute Gasteiger partial charge is 0.324 e. The number of tetrazole rings is 1. The molecular weight excluding hydrogens is 236 g/mol. The Hall–Kier alpha value is -1.70. The fraction of sp³-hybridized carbons (Fsp3) is 0.800. The predicted octanol–water partition coefficient (Wildman–Crippen LogP) is 0.489. The third-order valence-corrected chi connectivity index (χ3v) is 2.51. The van der Waals surface area contributed by atoms with E-state index >= 15 is 0 Å². The zero-order valence-corrected chi connectivity index (χ0v) is 11.2. The number of amides is 2. The van der Waals surface area contributed by atoms with Gasteiger partial charge in [0.15, 0.2) is 0 Å². The van der Waals surface area contributed by atoms with Crippen LogP contribution in [0.4, 0.5) is 10.7 Å². The molecule has 1 aromatic heterocycles. The molecule has 0 aromatic carbocycles. The van der Waals surface area contributed by atoms with Crippen LogP contribution in [0.1, 0.15) is 33.7 Å². The van der Waals surface area contributed by atoms with Crippen LogP contribution in [0.25, 0.3) is 0 Å². The Kier molecular flexibility index (Phi) is 5.02. The maximum Gasteiger partial charge on any atom is 0.324 e. The minimum Gasteiger partial charge on any atom is -0.394 e. The summed E-state index contributed by atoms with van der Waals surface area (Å²) >= 11 is 0. The van der Waals surface area contributed by atoms with Crippen molar-refractivity contribution in [3.8, 4) is 0 Å². The van der Waals surface area contributed by atoms with Gasteiger partial charge in [-0.3, -0.25) is 5.32 Å². The van der Waals surface area contributed by atoms with E-state index in [4.69, 9.17) is 5.11 Å². The number of anilines is 1. The van der Waals surface area contributed by atoms with E-state index in [1.165, 1.54) is 9.70 Å². The van der Waals surface area contributed by atoms with Crippen molar-refractivity contribution in [1.82, 2.24) is 25.1 Å². The molecule has 18 heavy (non-hydrogen) atoms. The van der Waals surface area contributed by atoms with Gasteiger partial charge in [0.1, 0.15) is 0 Å². The molecule has 2 amide bonds. The highest BCUT2D eigenvalue weighted by atomic mass is 16.3. The van der Waals surface area contributed by atoms with E-state index in [2.05, 4.69) is 20.7 Å². The lowest BCUT2D eigenvalue weighted by molar-refractivity contribution is 0.154. The molecule has 0 bridgehead atoms. The van der Waals surface area contributed by atoms with Gasteiger partial charge in [-0.05, 0) is 32.9 Å². The lowest BCUT2D eigenvalue weighted by Crippen LogP contribution is -2.43. The molecule has 0 aliphatic heterocycles. The van der Waals surface area contributed by atoms with Crippen LogP contribution in [-0.4, -0.2) is 55.4 Å². The van der Waals surface area contributed by atoms with Crippen LogP contribution in [0.15, 0.2) is 0 Å². The summed E-state index contributed by atoms with van der Waals surface area (Å²) < 4.78 is 0. The van der Waals surface area contributed by atoms with Crippen molar-refractivity contribution < 1.29 is 9.90 Å². The first-order valence-electron chi connectivity index (χ1n) is 5.97. The lowest BCUT2D eigenvalue weighted by atomic mass is 10.3. The standard InChI is InChI=1S/C10H20N6O2/c1-5-15(8(4)6-17)10(18)11-9-12-14-16(13-9)7(2)3/h7-8,17H,5-6H2,1-4H3,(H,11,13,18)/t8-/m0/s1. The maximum absolute atomic E-state index is 11.9. The minimum absolute atomic E-state index is 0.0850. The number of aromatic nitrogens is 4. The summed E-state index contributed by atoms with van der Waals surface area (Å²) in [5.41, 5.74) is 0. The van der Waals surface area contributed by atoms with E-state index in [0.717, 1.165) is 0 Å². The summed E-state index contributed by atoms with van der Waals surface area (Å²) in [7, 11) is 0. The van der Waals surface area contributed by atoms with Gasteiger partial charge in [-0.2, -0.15) is 4.80 Å². The third-order valence-electron chi connectivity index (χ3n) is 2.51. The fourth-order valence-electron chi connectivity index (χ4n) is 1.42. The van der Waals surface area contributed by atoms with Crippen LogP contribution in [-0.2, 0) is 0 Å².